The Morgan fingerprint density at radius 1 is 1.69 bits per heavy atom. The van der Waals surface area contributed by atoms with Crippen molar-refractivity contribution < 1.29 is 8.42 Å². The first-order valence-corrected chi connectivity index (χ1v) is 8.01. The van der Waals surface area contributed by atoms with Crippen LogP contribution in [0.2, 0.25) is 4.47 Å². The molecular weight excluding hydrogens is 288 g/mol. The summed E-state index contributed by atoms with van der Waals surface area (Å²) in [6.07, 6.45) is 6.30. The molecule has 1 aromatic heterocycles. The van der Waals surface area contributed by atoms with Gasteiger partial charge in [-0.05, 0) is 0 Å². The first-order chi connectivity index (χ1) is 7.56. The van der Waals surface area contributed by atoms with E-state index in [0.717, 1.165) is 11.3 Å². The van der Waals surface area contributed by atoms with Gasteiger partial charge in [0.15, 0.2) is 8.68 Å². The fourth-order valence-electron chi connectivity index (χ4n) is 0.814. The van der Waals surface area contributed by atoms with E-state index in [-0.39, 0.29) is 8.68 Å². The fraction of sp³-hybridized carbons (Fsp3) is 0.375. The van der Waals surface area contributed by atoms with E-state index < -0.39 is 10.0 Å². The molecule has 0 aromatic carbocycles. The Kier molecular flexibility index (Phi) is 5.58. The van der Waals surface area contributed by atoms with Crippen molar-refractivity contribution in [3.8, 4) is 12.3 Å². The molecule has 0 spiro atoms. The molecule has 1 rings (SSSR count). The van der Waals surface area contributed by atoms with Gasteiger partial charge in [-0.15, -0.1) is 18.2 Å². The topological polar surface area (TPSA) is 59.1 Å². The van der Waals surface area contributed by atoms with Crippen molar-refractivity contribution in [1.82, 2.24) is 9.71 Å². The molecule has 0 fully saturated rings. The van der Waals surface area contributed by atoms with Gasteiger partial charge in [0, 0.05) is 12.3 Å². The summed E-state index contributed by atoms with van der Waals surface area (Å²) in [5.41, 5.74) is 0. The molecule has 0 atom stereocenters. The Morgan fingerprint density at radius 3 is 3.00 bits per heavy atom. The second-order valence-electron chi connectivity index (χ2n) is 2.59. The summed E-state index contributed by atoms with van der Waals surface area (Å²) in [5.74, 6) is 3.67. The van der Waals surface area contributed by atoms with Crippen LogP contribution in [0.1, 0.15) is 0 Å². The molecule has 1 heterocycles. The van der Waals surface area contributed by atoms with Crippen LogP contribution in [0.3, 0.4) is 0 Å². The molecule has 0 bridgehead atoms. The molecule has 4 nitrogen and oxygen atoms in total. The van der Waals surface area contributed by atoms with E-state index in [1.807, 2.05) is 0 Å². The van der Waals surface area contributed by atoms with Crippen molar-refractivity contribution in [1.29, 1.82) is 0 Å². The molecule has 0 saturated carbocycles. The second kappa shape index (κ2) is 6.47. The number of nitrogens with zero attached hydrogens (tertiary/aromatic N) is 1. The lowest BCUT2D eigenvalue weighted by atomic mass is 10.8. The quantitative estimate of drug-likeness (QED) is 0.637. The summed E-state index contributed by atoms with van der Waals surface area (Å²) in [6.45, 7) is 0.337. The van der Waals surface area contributed by atoms with E-state index in [1.165, 1.54) is 18.0 Å². The summed E-state index contributed by atoms with van der Waals surface area (Å²) >= 11 is 7.98. The minimum Gasteiger partial charge on any atom is -0.232 e. The van der Waals surface area contributed by atoms with Gasteiger partial charge in [0.05, 0.1) is 11.9 Å². The predicted molar refractivity (Wildman–Crippen MR) is 68.5 cm³/mol. The van der Waals surface area contributed by atoms with E-state index in [4.69, 9.17) is 18.0 Å². The van der Waals surface area contributed by atoms with Crippen molar-refractivity contribution >= 4 is 44.7 Å². The number of rotatable bonds is 6. The maximum absolute atomic E-state index is 11.6. The largest absolute Gasteiger partial charge is 0.251 e. The minimum absolute atomic E-state index is 0.124. The molecule has 1 N–H and O–H groups in total. The number of aromatic nitrogens is 1. The number of terminal acetylenes is 1. The van der Waals surface area contributed by atoms with Crippen LogP contribution in [0.5, 0.6) is 0 Å². The van der Waals surface area contributed by atoms with Crippen LogP contribution >= 0.6 is 34.7 Å². The van der Waals surface area contributed by atoms with Crippen LogP contribution in [0.4, 0.5) is 0 Å². The highest BCUT2D eigenvalue weighted by atomic mass is 35.5. The van der Waals surface area contributed by atoms with Gasteiger partial charge in [0.25, 0.3) is 10.0 Å². The summed E-state index contributed by atoms with van der Waals surface area (Å²) in [4.78, 5) is 3.67. The van der Waals surface area contributed by atoms with Gasteiger partial charge in [-0.25, -0.2) is 18.1 Å². The number of hydrogen-bond donors (Lipinski definition) is 1. The fourth-order valence-corrected chi connectivity index (χ4v) is 3.82. The maximum atomic E-state index is 11.6. The summed E-state index contributed by atoms with van der Waals surface area (Å²) in [5, 5.41) is 0. The molecule has 0 saturated heterocycles. The van der Waals surface area contributed by atoms with Crippen LogP contribution in [-0.4, -0.2) is 31.5 Å². The highest BCUT2D eigenvalue weighted by Gasteiger charge is 2.16. The highest BCUT2D eigenvalue weighted by molar-refractivity contribution is 7.99. The van der Waals surface area contributed by atoms with Gasteiger partial charge in [0.2, 0.25) is 0 Å². The Morgan fingerprint density at radius 2 is 2.44 bits per heavy atom. The van der Waals surface area contributed by atoms with Crippen LogP contribution < -0.4 is 4.72 Å². The van der Waals surface area contributed by atoms with Gasteiger partial charge in [-0.2, -0.15) is 0 Å². The van der Waals surface area contributed by atoms with Crippen LogP contribution in [0.25, 0.3) is 0 Å². The van der Waals surface area contributed by atoms with Crippen molar-refractivity contribution in [2.75, 3.05) is 18.1 Å². The van der Waals surface area contributed by atoms with Crippen molar-refractivity contribution in [3.05, 3.63) is 10.7 Å². The average molecular weight is 297 g/mol. The molecule has 0 radical (unpaired) electrons. The van der Waals surface area contributed by atoms with Crippen LogP contribution in [0, 0.1) is 12.3 Å². The van der Waals surface area contributed by atoms with Gasteiger partial charge >= 0.3 is 0 Å². The van der Waals surface area contributed by atoms with Crippen molar-refractivity contribution in [2.45, 2.75) is 4.21 Å². The van der Waals surface area contributed by atoms with Crippen molar-refractivity contribution in [3.63, 3.8) is 0 Å². The number of halogens is 1. The lowest BCUT2D eigenvalue weighted by molar-refractivity contribution is 0.586. The number of nitrogens with one attached hydrogen (secondary N) is 1. The third-order valence-electron chi connectivity index (χ3n) is 1.45. The molecule has 0 unspecified atom stereocenters. The summed E-state index contributed by atoms with van der Waals surface area (Å²) in [7, 11) is -3.47. The standard InChI is InChI=1S/C8H9ClN2O2S3/c1-2-4-14-5-3-11-16(12,13)7-6-10-8(9)15-7/h1,6,11H,3-5H2. The zero-order valence-corrected chi connectivity index (χ0v) is 11.3. The number of hydrogen-bond acceptors (Lipinski definition) is 5. The molecule has 16 heavy (non-hydrogen) atoms. The van der Waals surface area contributed by atoms with E-state index in [9.17, 15) is 8.42 Å². The number of sulfonamides is 1. The molecule has 8 heteroatoms. The molecule has 0 aliphatic heterocycles. The summed E-state index contributed by atoms with van der Waals surface area (Å²) < 4.78 is 26.0. The third-order valence-corrected chi connectivity index (χ3v) is 5.35. The minimum atomic E-state index is -3.47. The Balaban J connectivity index is 2.45. The average Bonchev–Trinajstić information content (AvgIpc) is 2.65. The lowest BCUT2D eigenvalue weighted by Crippen LogP contribution is -2.25. The predicted octanol–water partition coefficient (Wildman–Crippen LogP) is 1.44. The molecule has 0 aliphatic carbocycles. The molecule has 88 valence electrons. The molecule has 0 aliphatic rings. The van der Waals surface area contributed by atoms with Gasteiger partial charge in [-0.3, -0.25) is 0 Å². The van der Waals surface area contributed by atoms with E-state index in [0.29, 0.717) is 18.1 Å². The van der Waals surface area contributed by atoms with Crippen molar-refractivity contribution in [2.24, 2.45) is 0 Å². The summed E-state index contributed by atoms with van der Waals surface area (Å²) in [6, 6.07) is 0. The smallest absolute Gasteiger partial charge is 0.232 e. The van der Waals surface area contributed by atoms with Gasteiger partial charge < -0.3 is 0 Å². The Labute approximate surface area is 108 Å². The van der Waals surface area contributed by atoms with Crippen LogP contribution in [0.15, 0.2) is 10.4 Å². The Hall–Kier alpha value is -0.260. The maximum Gasteiger partial charge on any atom is 0.251 e. The van der Waals surface area contributed by atoms with Crippen LogP contribution in [-0.2, 0) is 10.0 Å². The molecule has 0 amide bonds. The number of thioether (sulfide) groups is 1. The van der Waals surface area contributed by atoms with E-state index >= 15 is 0 Å². The first-order valence-electron chi connectivity index (χ1n) is 4.18. The molecule has 1 aromatic rings. The van der Waals surface area contributed by atoms with E-state index in [2.05, 4.69) is 15.6 Å². The number of thiazole rings is 1. The SMILES string of the molecule is C#CCSCCNS(=O)(=O)c1cnc(Cl)s1. The first kappa shape index (κ1) is 13.8. The second-order valence-corrected chi connectivity index (χ2v) is 7.30. The monoisotopic (exact) mass is 296 g/mol. The zero-order chi connectivity index (χ0) is 12.0. The van der Waals surface area contributed by atoms with Gasteiger partial charge in [-0.1, -0.05) is 28.9 Å². The Bertz CT molecular complexity index is 478. The normalized spacial score (nSPS) is 11.2. The molecular formula is C8H9ClN2O2S3. The van der Waals surface area contributed by atoms with E-state index in [1.54, 1.807) is 0 Å². The lowest BCUT2D eigenvalue weighted by Gasteiger charge is -2.02. The highest BCUT2D eigenvalue weighted by Crippen LogP contribution is 2.21. The zero-order valence-electron chi connectivity index (χ0n) is 8.14. The van der Waals surface area contributed by atoms with Gasteiger partial charge in [0.1, 0.15) is 0 Å². The third kappa shape index (κ3) is 4.31.